The lowest BCUT2D eigenvalue weighted by atomic mass is 10.1. The fourth-order valence-corrected chi connectivity index (χ4v) is 3.23. The van der Waals surface area contributed by atoms with E-state index in [4.69, 9.17) is 14.2 Å². The predicted octanol–water partition coefficient (Wildman–Crippen LogP) is 4.60. The molecule has 7 nitrogen and oxygen atoms in total. The summed E-state index contributed by atoms with van der Waals surface area (Å²) in [5.74, 6) is 2.38. The number of aromatic nitrogens is 1. The molecule has 0 aliphatic rings. The number of nitrogens with one attached hydrogen (secondary N) is 2. The van der Waals surface area contributed by atoms with Crippen LogP contribution in [0.5, 0.6) is 17.2 Å². The molecule has 0 atom stereocenters. The van der Waals surface area contributed by atoms with Gasteiger partial charge in [-0.3, -0.25) is 4.79 Å². The monoisotopic (exact) mass is 435 g/mol. The highest BCUT2D eigenvalue weighted by Crippen LogP contribution is 2.29. The lowest BCUT2D eigenvalue weighted by Gasteiger charge is -2.14. The number of nitrogens with zero attached hydrogens (tertiary/aromatic N) is 1. The van der Waals surface area contributed by atoms with Gasteiger partial charge in [-0.05, 0) is 62.2 Å². The molecule has 0 radical (unpaired) electrons. The molecule has 0 aliphatic heterocycles. The summed E-state index contributed by atoms with van der Waals surface area (Å²) < 4.78 is 16.7. The highest BCUT2D eigenvalue weighted by Gasteiger charge is 2.14. The van der Waals surface area contributed by atoms with E-state index in [2.05, 4.69) is 15.6 Å². The average molecular weight is 436 g/mol. The molecular weight excluding hydrogens is 406 g/mol. The second-order valence-electron chi connectivity index (χ2n) is 6.88. The molecule has 0 spiro atoms. The quantitative estimate of drug-likeness (QED) is 0.458. The molecule has 1 amide bonds. The predicted molar refractivity (Wildman–Crippen MR) is 125 cm³/mol. The molecule has 1 heterocycles. The van der Waals surface area contributed by atoms with Crippen molar-refractivity contribution in [1.82, 2.24) is 10.3 Å². The summed E-state index contributed by atoms with van der Waals surface area (Å²) >= 11 is 0. The third-order valence-corrected chi connectivity index (χ3v) is 4.72. The van der Waals surface area contributed by atoms with E-state index in [0.29, 0.717) is 49.1 Å². The Morgan fingerprint density at radius 3 is 2.50 bits per heavy atom. The zero-order valence-electron chi connectivity index (χ0n) is 18.7. The molecule has 2 aromatic carbocycles. The van der Waals surface area contributed by atoms with Crippen molar-refractivity contribution in [2.24, 2.45) is 0 Å². The molecule has 32 heavy (non-hydrogen) atoms. The van der Waals surface area contributed by atoms with Gasteiger partial charge in [-0.25, -0.2) is 4.98 Å². The lowest BCUT2D eigenvalue weighted by Crippen LogP contribution is -2.26. The van der Waals surface area contributed by atoms with Crippen LogP contribution in [0.15, 0.2) is 60.8 Å². The van der Waals surface area contributed by atoms with Crippen molar-refractivity contribution < 1.29 is 19.0 Å². The summed E-state index contributed by atoms with van der Waals surface area (Å²) in [5, 5.41) is 6.16. The van der Waals surface area contributed by atoms with Crippen molar-refractivity contribution in [3.8, 4) is 17.2 Å². The number of pyridine rings is 1. The maximum atomic E-state index is 12.8. The Morgan fingerprint density at radius 2 is 1.72 bits per heavy atom. The molecule has 7 heteroatoms. The van der Waals surface area contributed by atoms with Gasteiger partial charge in [0.2, 0.25) is 0 Å². The SMILES string of the molecule is CCOc1ccc(CCNC(=O)c2cccnc2Nc2ccccc2OC)cc1OCC. The molecule has 168 valence electrons. The molecule has 0 aliphatic carbocycles. The maximum absolute atomic E-state index is 12.8. The topological polar surface area (TPSA) is 81.7 Å². The average Bonchev–Trinajstić information content (AvgIpc) is 2.81. The molecular formula is C25H29N3O4. The van der Waals surface area contributed by atoms with Gasteiger partial charge in [0.1, 0.15) is 11.6 Å². The van der Waals surface area contributed by atoms with Crippen LogP contribution >= 0.6 is 0 Å². The van der Waals surface area contributed by atoms with Crippen molar-refractivity contribution in [1.29, 1.82) is 0 Å². The van der Waals surface area contributed by atoms with Crippen LogP contribution in [0.1, 0.15) is 29.8 Å². The molecule has 3 aromatic rings. The first kappa shape index (κ1) is 22.9. The summed E-state index contributed by atoms with van der Waals surface area (Å²) in [6.45, 7) is 5.48. The standard InChI is InChI=1S/C25H29N3O4/c1-4-31-22-13-12-18(17-23(22)32-5-2)14-16-27-25(29)19-9-8-15-26-24(19)28-20-10-6-7-11-21(20)30-3/h6-13,15,17H,4-5,14,16H2,1-3H3,(H,26,28)(H,27,29). The molecule has 3 rings (SSSR count). The van der Waals surface area contributed by atoms with Crippen molar-refractivity contribution in [2.45, 2.75) is 20.3 Å². The van der Waals surface area contributed by atoms with Crippen molar-refractivity contribution in [2.75, 3.05) is 32.2 Å². The summed E-state index contributed by atoms with van der Waals surface area (Å²) in [6, 6.07) is 16.8. The molecule has 1 aromatic heterocycles. The molecule has 2 N–H and O–H groups in total. The van der Waals surface area contributed by atoms with Crippen LogP contribution in [0.3, 0.4) is 0 Å². The van der Waals surface area contributed by atoms with Crippen molar-refractivity contribution in [3.63, 3.8) is 0 Å². The summed E-state index contributed by atoms with van der Waals surface area (Å²) in [7, 11) is 1.60. The lowest BCUT2D eigenvalue weighted by molar-refractivity contribution is 0.0954. The largest absolute Gasteiger partial charge is 0.495 e. The van der Waals surface area contributed by atoms with Crippen LogP contribution in [-0.2, 0) is 6.42 Å². The van der Waals surface area contributed by atoms with Crippen molar-refractivity contribution >= 4 is 17.4 Å². The summed E-state index contributed by atoms with van der Waals surface area (Å²) in [4.78, 5) is 17.2. The third kappa shape index (κ3) is 5.91. The number of hydrogen-bond acceptors (Lipinski definition) is 6. The van der Waals surface area contributed by atoms with E-state index in [1.807, 2.05) is 56.3 Å². The Bertz CT molecular complexity index is 1040. The van der Waals surface area contributed by atoms with Gasteiger partial charge in [-0.15, -0.1) is 0 Å². The highest BCUT2D eigenvalue weighted by molar-refractivity contribution is 5.99. The van der Waals surface area contributed by atoms with Gasteiger partial charge >= 0.3 is 0 Å². The number of amides is 1. The first-order valence-electron chi connectivity index (χ1n) is 10.7. The number of rotatable bonds is 11. The minimum atomic E-state index is -0.202. The number of hydrogen-bond donors (Lipinski definition) is 2. The van der Waals surface area contributed by atoms with Gasteiger partial charge in [-0.1, -0.05) is 18.2 Å². The summed E-state index contributed by atoms with van der Waals surface area (Å²) in [6.07, 6.45) is 2.30. The molecule has 0 saturated carbocycles. The first-order valence-corrected chi connectivity index (χ1v) is 10.7. The minimum absolute atomic E-state index is 0.202. The highest BCUT2D eigenvalue weighted by atomic mass is 16.5. The Kier molecular flexibility index (Phi) is 8.31. The zero-order chi connectivity index (χ0) is 22.8. The van der Waals surface area contributed by atoms with Gasteiger partial charge in [0, 0.05) is 12.7 Å². The van der Waals surface area contributed by atoms with Gasteiger partial charge in [0.15, 0.2) is 11.5 Å². The normalized spacial score (nSPS) is 10.3. The maximum Gasteiger partial charge on any atom is 0.255 e. The fourth-order valence-electron chi connectivity index (χ4n) is 3.23. The van der Waals surface area contributed by atoms with Gasteiger partial charge in [-0.2, -0.15) is 0 Å². The van der Waals surface area contributed by atoms with Crippen LogP contribution < -0.4 is 24.8 Å². The fraction of sp³-hybridized carbons (Fsp3) is 0.280. The Morgan fingerprint density at radius 1 is 0.938 bits per heavy atom. The second kappa shape index (κ2) is 11.6. The number of anilines is 2. The number of para-hydroxylation sites is 2. The second-order valence-corrected chi connectivity index (χ2v) is 6.88. The van der Waals surface area contributed by atoms with Crippen LogP contribution in [0.2, 0.25) is 0 Å². The van der Waals surface area contributed by atoms with E-state index in [1.165, 1.54) is 0 Å². The molecule has 0 fully saturated rings. The third-order valence-electron chi connectivity index (χ3n) is 4.72. The molecule has 0 bridgehead atoms. The number of benzene rings is 2. The smallest absolute Gasteiger partial charge is 0.255 e. The first-order chi connectivity index (χ1) is 15.7. The number of carbonyl (C=O) groups is 1. The van der Waals surface area contributed by atoms with E-state index in [1.54, 1.807) is 25.4 Å². The van der Waals surface area contributed by atoms with E-state index < -0.39 is 0 Å². The number of ether oxygens (including phenoxy) is 3. The number of carbonyl (C=O) groups excluding carboxylic acids is 1. The summed E-state index contributed by atoms with van der Waals surface area (Å²) in [5.41, 5.74) is 2.25. The molecule has 0 saturated heterocycles. The van der Waals surface area contributed by atoms with Crippen LogP contribution in [0.25, 0.3) is 0 Å². The Hall–Kier alpha value is -3.74. The Balaban J connectivity index is 1.65. The zero-order valence-corrected chi connectivity index (χ0v) is 18.7. The van der Waals surface area contributed by atoms with E-state index in [-0.39, 0.29) is 5.91 Å². The van der Waals surface area contributed by atoms with Gasteiger partial charge in [0.25, 0.3) is 5.91 Å². The van der Waals surface area contributed by atoms with Crippen LogP contribution in [-0.4, -0.2) is 37.8 Å². The van der Waals surface area contributed by atoms with Crippen LogP contribution in [0, 0.1) is 0 Å². The number of methoxy groups -OCH3 is 1. The van der Waals surface area contributed by atoms with Crippen LogP contribution in [0.4, 0.5) is 11.5 Å². The Labute approximate surface area is 188 Å². The van der Waals surface area contributed by atoms with Gasteiger partial charge < -0.3 is 24.8 Å². The van der Waals surface area contributed by atoms with E-state index in [9.17, 15) is 4.79 Å². The molecule has 0 unspecified atom stereocenters. The van der Waals surface area contributed by atoms with E-state index >= 15 is 0 Å². The van der Waals surface area contributed by atoms with Gasteiger partial charge in [0.05, 0.1) is 31.6 Å². The van der Waals surface area contributed by atoms with E-state index in [0.717, 1.165) is 17.0 Å². The minimum Gasteiger partial charge on any atom is -0.495 e. The van der Waals surface area contributed by atoms with Crippen molar-refractivity contribution in [3.05, 3.63) is 71.9 Å².